The average molecular weight is 251 g/mol. The van der Waals surface area contributed by atoms with Crippen LogP contribution in [-0.2, 0) is 13.1 Å². The van der Waals surface area contributed by atoms with Gasteiger partial charge in [-0.15, -0.1) is 0 Å². The molecule has 0 atom stereocenters. The molecule has 2 N–H and O–H groups in total. The molecule has 6 heteroatoms. The Bertz CT molecular complexity index is 382. The minimum atomic E-state index is 0.322. The van der Waals surface area contributed by atoms with Crippen molar-refractivity contribution >= 4 is 0 Å². The quantitative estimate of drug-likeness (QED) is 0.824. The zero-order valence-electron chi connectivity index (χ0n) is 10.7. The Morgan fingerprint density at radius 3 is 2.56 bits per heavy atom. The zero-order valence-corrected chi connectivity index (χ0v) is 10.7. The summed E-state index contributed by atoms with van der Waals surface area (Å²) in [7, 11) is 0. The number of nitrogens with two attached hydrogens (primary N) is 1. The number of hydrogen-bond acceptors (Lipinski definition) is 6. The molecule has 1 aromatic rings. The normalized spacial score (nSPS) is 23.2. The molecule has 0 unspecified atom stereocenters. The SMILES string of the molecule is NCc1nc(CN2CCN(C3CCC3)CC2)no1. The predicted octanol–water partition coefficient (Wildman–Crippen LogP) is 0.198. The first kappa shape index (κ1) is 12.1. The smallest absolute Gasteiger partial charge is 0.240 e. The fourth-order valence-electron chi connectivity index (χ4n) is 2.68. The van der Waals surface area contributed by atoms with Gasteiger partial charge in [0.05, 0.1) is 13.1 Å². The van der Waals surface area contributed by atoms with Gasteiger partial charge in [0.2, 0.25) is 5.89 Å². The highest BCUT2D eigenvalue weighted by Crippen LogP contribution is 2.25. The first-order valence-corrected chi connectivity index (χ1v) is 6.83. The second-order valence-electron chi connectivity index (χ2n) is 5.21. The Balaban J connectivity index is 1.47. The van der Waals surface area contributed by atoms with Crippen molar-refractivity contribution in [1.29, 1.82) is 0 Å². The van der Waals surface area contributed by atoms with Crippen LogP contribution < -0.4 is 5.73 Å². The van der Waals surface area contributed by atoms with Gasteiger partial charge in [0.15, 0.2) is 5.82 Å². The van der Waals surface area contributed by atoms with E-state index in [1.165, 1.54) is 32.4 Å². The van der Waals surface area contributed by atoms with Gasteiger partial charge in [0.25, 0.3) is 0 Å². The van der Waals surface area contributed by atoms with Crippen LogP contribution in [0.5, 0.6) is 0 Å². The third kappa shape index (κ3) is 2.55. The van der Waals surface area contributed by atoms with Crippen LogP contribution in [0.2, 0.25) is 0 Å². The summed E-state index contributed by atoms with van der Waals surface area (Å²) in [6.45, 7) is 5.65. The number of aromatic nitrogens is 2. The molecule has 0 bridgehead atoms. The predicted molar refractivity (Wildman–Crippen MR) is 66.7 cm³/mol. The molecule has 6 nitrogen and oxygen atoms in total. The second-order valence-corrected chi connectivity index (χ2v) is 5.21. The van der Waals surface area contributed by atoms with E-state index in [0.29, 0.717) is 12.4 Å². The summed E-state index contributed by atoms with van der Waals surface area (Å²) in [4.78, 5) is 9.26. The van der Waals surface area contributed by atoms with E-state index >= 15 is 0 Å². The van der Waals surface area contributed by atoms with Crippen LogP contribution >= 0.6 is 0 Å². The Morgan fingerprint density at radius 1 is 1.22 bits per heavy atom. The van der Waals surface area contributed by atoms with Gasteiger partial charge in [-0.1, -0.05) is 11.6 Å². The molecule has 1 aromatic heterocycles. The average Bonchev–Trinajstić information content (AvgIpc) is 2.77. The second kappa shape index (κ2) is 5.34. The van der Waals surface area contributed by atoms with Gasteiger partial charge in [-0.25, -0.2) is 0 Å². The molecule has 100 valence electrons. The summed E-state index contributed by atoms with van der Waals surface area (Å²) in [5.74, 6) is 1.28. The standard InChI is InChI=1S/C12H21N5O/c13-8-12-14-11(15-18-12)9-16-4-6-17(7-5-16)10-2-1-3-10/h10H,1-9,13H2. The fourth-order valence-corrected chi connectivity index (χ4v) is 2.68. The van der Waals surface area contributed by atoms with E-state index in [0.717, 1.165) is 31.5 Å². The maximum atomic E-state index is 5.45. The van der Waals surface area contributed by atoms with Crippen LogP contribution in [0.4, 0.5) is 0 Å². The molecule has 0 amide bonds. The highest BCUT2D eigenvalue weighted by molar-refractivity contribution is 4.88. The Morgan fingerprint density at radius 2 is 2.00 bits per heavy atom. The molecule has 2 aliphatic rings. The molecule has 1 saturated carbocycles. The molecule has 0 radical (unpaired) electrons. The number of hydrogen-bond donors (Lipinski definition) is 1. The summed E-state index contributed by atoms with van der Waals surface area (Å²) < 4.78 is 5.02. The maximum absolute atomic E-state index is 5.45. The number of piperazine rings is 1. The number of rotatable bonds is 4. The molecule has 0 spiro atoms. The van der Waals surface area contributed by atoms with Gasteiger partial charge in [-0.3, -0.25) is 9.80 Å². The maximum Gasteiger partial charge on any atom is 0.240 e. The van der Waals surface area contributed by atoms with Crippen molar-refractivity contribution in [3.63, 3.8) is 0 Å². The molecular formula is C12H21N5O. The topological polar surface area (TPSA) is 71.4 Å². The molecule has 18 heavy (non-hydrogen) atoms. The third-order valence-electron chi connectivity index (χ3n) is 4.05. The van der Waals surface area contributed by atoms with Crippen molar-refractivity contribution in [2.45, 2.75) is 38.4 Å². The Labute approximate surface area is 107 Å². The van der Waals surface area contributed by atoms with Crippen LogP contribution in [0.1, 0.15) is 31.0 Å². The van der Waals surface area contributed by atoms with E-state index in [1.54, 1.807) is 0 Å². The summed E-state index contributed by atoms with van der Waals surface area (Å²) in [5.41, 5.74) is 5.45. The third-order valence-corrected chi connectivity index (χ3v) is 4.05. The molecule has 1 aliphatic heterocycles. The van der Waals surface area contributed by atoms with Gasteiger partial charge in [0, 0.05) is 32.2 Å². The van der Waals surface area contributed by atoms with E-state index < -0.39 is 0 Å². The van der Waals surface area contributed by atoms with Crippen molar-refractivity contribution in [2.24, 2.45) is 5.73 Å². The highest BCUT2D eigenvalue weighted by Gasteiger charge is 2.28. The lowest BCUT2D eigenvalue weighted by atomic mass is 9.91. The van der Waals surface area contributed by atoms with E-state index in [9.17, 15) is 0 Å². The van der Waals surface area contributed by atoms with E-state index in [4.69, 9.17) is 10.3 Å². The number of nitrogens with zero attached hydrogens (tertiary/aromatic N) is 4. The zero-order chi connectivity index (χ0) is 12.4. The molecule has 3 rings (SSSR count). The van der Waals surface area contributed by atoms with Crippen LogP contribution in [-0.4, -0.2) is 52.2 Å². The Hall–Kier alpha value is -0.980. The summed E-state index contributed by atoms with van der Waals surface area (Å²) in [6, 6.07) is 0.862. The van der Waals surface area contributed by atoms with Gasteiger partial charge in [-0.2, -0.15) is 4.98 Å². The van der Waals surface area contributed by atoms with Crippen molar-refractivity contribution in [3.05, 3.63) is 11.7 Å². The molecule has 1 saturated heterocycles. The molecule has 2 heterocycles. The van der Waals surface area contributed by atoms with E-state index in [2.05, 4.69) is 19.9 Å². The van der Waals surface area contributed by atoms with Crippen LogP contribution in [0.15, 0.2) is 4.52 Å². The molecule has 2 fully saturated rings. The lowest BCUT2D eigenvalue weighted by Crippen LogP contribution is -2.51. The summed E-state index contributed by atoms with van der Waals surface area (Å²) >= 11 is 0. The minimum Gasteiger partial charge on any atom is -0.338 e. The first-order chi connectivity index (χ1) is 8.85. The van der Waals surface area contributed by atoms with E-state index in [1.807, 2.05) is 0 Å². The van der Waals surface area contributed by atoms with Crippen LogP contribution in [0.3, 0.4) is 0 Å². The molecule has 1 aliphatic carbocycles. The lowest BCUT2D eigenvalue weighted by molar-refractivity contribution is 0.0574. The van der Waals surface area contributed by atoms with Gasteiger partial charge in [0.1, 0.15) is 0 Å². The van der Waals surface area contributed by atoms with Crippen LogP contribution in [0.25, 0.3) is 0 Å². The lowest BCUT2D eigenvalue weighted by Gasteiger charge is -2.42. The van der Waals surface area contributed by atoms with Crippen molar-refractivity contribution in [3.8, 4) is 0 Å². The minimum absolute atomic E-state index is 0.322. The van der Waals surface area contributed by atoms with Gasteiger partial charge in [-0.05, 0) is 12.8 Å². The van der Waals surface area contributed by atoms with E-state index in [-0.39, 0.29) is 0 Å². The van der Waals surface area contributed by atoms with Crippen molar-refractivity contribution < 1.29 is 4.52 Å². The molecule has 0 aromatic carbocycles. The summed E-state index contributed by atoms with van der Waals surface area (Å²) in [5, 5.41) is 3.94. The van der Waals surface area contributed by atoms with Gasteiger partial charge >= 0.3 is 0 Å². The van der Waals surface area contributed by atoms with Gasteiger partial charge < -0.3 is 10.3 Å². The van der Waals surface area contributed by atoms with Crippen molar-refractivity contribution in [2.75, 3.05) is 26.2 Å². The largest absolute Gasteiger partial charge is 0.338 e. The van der Waals surface area contributed by atoms with Crippen molar-refractivity contribution in [1.82, 2.24) is 19.9 Å². The first-order valence-electron chi connectivity index (χ1n) is 6.83. The summed E-state index contributed by atoms with van der Waals surface area (Å²) in [6.07, 6.45) is 4.20. The fraction of sp³-hybridized carbons (Fsp3) is 0.833. The molecular weight excluding hydrogens is 230 g/mol. The monoisotopic (exact) mass is 251 g/mol. The highest BCUT2D eigenvalue weighted by atomic mass is 16.5. The van der Waals surface area contributed by atoms with Crippen LogP contribution in [0, 0.1) is 0 Å². The Kier molecular flexibility index (Phi) is 3.58.